The van der Waals surface area contributed by atoms with Crippen molar-refractivity contribution in [2.45, 2.75) is 12.5 Å². The van der Waals surface area contributed by atoms with Gasteiger partial charge in [-0.15, -0.1) is 11.3 Å². The Morgan fingerprint density at radius 1 is 1.24 bits per heavy atom. The standard InChI is InChI=1S/C12H10Cl2FNS/c13-8-2-1-3-10(15)7(8)6-11(16)12-9(14)4-5-17-12/h1-5,11H,6,16H2. The first kappa shape index (κ1) is 12.8. The average molecular weight is 290 g/mol. The molecule has 0 radical (unpaired) electrons. The average Bonchev–Trinajstić information content (AvgIpc) is 2.70. The highest BCUT2D eigenvalue weighted by atomic mass is 35.5. The van der Waals surface area contributed by atoms with Crippen molar-refractivity contribution in [1.29, 1.82) is 0 Å². The molecule has 1 aromatic heterocycles. The Kier molecular flexibility index (Phi) is 4.05. The zero-order chi connectivity index (χ0) is 12.4. The number of hydrogen-bond donors (Lipinski definition) is 1. The van der Waals surface area contributed by atoms with Gasteiger partial charge < -0.3 is 5.73 Å². The first-order valence-corrected chi connectivity index (χ1v) is 6.64. The molecule has 0 aliphatic heterocycles. The first-order valence-electron chi connectivity index (χ1n) is 5.01. The fourth-order valence-corrected chi connectivity index (χ4v) is 3.05. The maximum absolute atomic E-state index is 13.6. The number of hydrogen-bond acceptors (Lipinski definition) is 2. The van der Waals surface area contributed by atoms with Crippen molar-refractivity contribution in [3.8, 4) is 0 Å². The topological polar surface area (TPSA) is 26.0 Å². The molecular weight excluding hydrogens is 280 g/mol. The lowest BCUT2D eigenvalue weighted by atomic mass is 10.0. The van der Waals surface area contributed by atoms with Crippen LogP contribution in [0.2, 0.25) is 10.0 Å². The molecule has 0 amide bonds. The molecular formula is C12H10Cl2FNS. The van der Waals surface area contributed by atoms with Crippen LogP contribution in [0.15, 0.2) is 29.6 Å². The minimum Gasteiger partial charge on any atom is -0.323 e. The molecule has 1 unspecified atom stereocenters. The molecule has 0 saturated heterocycles. The van der Waals surface area contributed by atoms with Gasteiger partial charge in [-0.25, -0.2) is 4.39 Å². The zero-order valence-corrected chi connectivity index (χ0v) is 11.1. The second kappa shape index (κ2) is 5.36. The molecule has 0 aliphatic rings. The predicted molar refractivity (Wildman–Crippen MR) is 71.4 cm³/mol. The number of rotatable bonds is 3. The van der Waals surface area contributed by atoms with Gasteiger partial charge in [-0.1, -0.05) is 29.3 Å². The smallest absolute Gasteiger partial charge is 0.127 e. The Bertz CT molecular complexity index is 507. The van der Waals surface area contributed by atoms with Crippen molar-refractivity contribution in [2.75, 3.05) is 0 Å². The maximum Gasteiger partial charge on any atom is 0.127 e. The summed E-state index contributed by atoms with van der Waals surface area (Å²) >= 11 is 13.4. The molecule has 2 N–H and O–H groups in total. The second-order valence-electron chi connectivity index (χ2n) is 3.64. The van der Waals surface area contributed by atoms with Crippen LogP contribution in [-0.2, 0) is 6.42 Å². The van der Waals surface area contributed by atoms with Crippen molar-refractivity contribution in [3.63, 3.8) is 0 Å². The fraction of sp³-hybridized carbons (Fsp3) is 0.167. The van der Waals surface area contributed by atoms with Crippen LogP contribution in [0.3, 0.4) is 0 Å². The van der Waals surface area contributed by atoms with Gasteiger partial charge in [0.25, 0.3) is 0 Å². The third-order valence-corrected chi connectivity index (χ3v) is 4.31. The molecule has 2 aromatic rings. The number of thiophene rings is 1. The van der Waals surface area contributed by atoms with E-state index < -0.39 is 0 Å². The molecule has 0 saturated carbocycles. The summed E-state index contributed by atoms with van der Waals surface area (Å²) in [7, 11) is 0. The summed E-state index contributed by atoms with van der Waals surface area (Å²) in [5, 5.41) is 2.88. The van der Waals surface area contributed by atoms with Gasteiger partial charge in [0.1, 0.15) is 5.82 Å². The van der Waals surface area contributed by atoms with Gasteiger partial charge in [0.05, 0.1) is 5.02 Å². The van der Waals surface area contributed by atoms with E-state index in [0.29, 0.717) is 22.0 Å². The van der Waals surface area contributed by atoms with Gasteiger partial charge in [0.15, 0.2) is 0 Å². The van der Waals surface area contributed by atoms with Crippen LogP contribution in [0, 0.1) is 5.82 Å². The van der Waals surface area contributed by atoms with E-state index in [9.17, 15) is 4.39 Å². The molecule has 0 fully saturated rings. The van der Waals surface area contributed by atoms with Crippen LogP contribution in [0.25, 0.3) is 0 Å². The van der Waals surface area contributed by atoms with Crippen LogP contribution in [0.4, 0.5) is 4.39 Å². The maximum atomic E-state index is 13.6. The van der Waals surface area contributed by atoms with Crippen molar-refractivity contribution < 1.29 is 4.39 Å². The SMILES string of the molecule is NC(Cc1c(F)cccc1Cl)c1sccc1Cl. The molecule has 1 atom stereocenters. The largest absolute Gasteiger partial charge is 0.323 e. The number of halogens is 3. The zero-order valence-electron chi connectivity index (χ0n) is 8.79. The summed E-state index contributed by atoms with van der Waals surface area (Å²) in [6, 6.07) is 6.05. The summed E-state index contributed by atoms with van der Waals surface area (Å²) in [5.74, 6) is -0.333. The van der Waals surface area contributed by atoms with Crippen molar-refractivity contribution in [1.82, 2.24) is 0 Å². The number of benzene rings is 1. The molecule has 0 bridgehead atoms. The third-order valence-electron chi connectivity index (χ3n) is 2.47. The quantitative estimate of drug-likeness (QED) is 0.888. The van der Waals surface area contributed by atoms with Gasteiger partial charge in [-0.2, -0.15) is 0 Å². The Morgan fingerprint density at radius 2 is 2.00 bits per heavy atom. The minimum atomic E-state index is -0.336. The highest BCUT2D eigenvalue weighted by Crippen LogP contribution is 2.31. The monoisotopic (exact) mass is 289 g/mol. The van der Waals surface area contributed by atoms with E-state index in [1.807, 2.05) is 5.38 Å². The minimum absolute atomic E-state index is 0.333. The fourth-order valence-electron chi connectivity index (χ4n) is 1.61. The van der Waals surface area contributed by atoms with Gasteiger partial charge in [0.2, 0.25) is 0 Å². The molecule has 90 valence electrons. The summed E-state index contributed by atoms with van der Waals surface area (Å²) in [6.45, 7) is 0. The van der Waals surface area contributed by atoms with E-state index >= 15 is 0 Å². The second-order valence-corrected chi connectivity index (χ2v) is 5.41. The molecule has 17 heavy (non-hydrogen) atoms. The molecule has 5 heteroatoms. The highest BCUT2D eigenvalue weighted by molar-refractivity contribution is 7.10. The van der Waals surface area contributed by atoms with Crippen LogP contribution in [-0.4, -0.2) is 0 Å². The van der Waals surface area contributed by atoms with E-state index in [1.165, 1.54) is 17.4 Å². The van der Waals surface area contributed by atoms with Crippen LogP contribution in [0.5, 0.6) is 0 Å². The molecule has 0 aliphatic carbocycles. The third kappa shape index (κ3) is 2.80. The molecule has 2 rings (SSSR count). The van der Waals surface area contributed by atoms with Gasteiger partial charge in [-0.3, -0.25) is 0 Å². The van der Waals surface area contributed by atoms with E-state index in [2.05, 4.69) is 0 Å². The van der Waals surface area contributed by atoms with Gasteiger partial charge in [-0.05, 0) is 30.0 Å². The van der Waals surface area contributed by atoms with E-state index in [4.69, 9.17) is 28.9 Å². The summed E-state index contributed by atoms with van der Waals surface area (Å²) in [5.41, 5.74) is 6.45. The van der Waals surface area contributed by atoms with Crippen LogP contribution >= 0.6 is 34.5 Å². The molecule has 0 spiro atoms. The van der Waals surface area contributed by atoms with Gasteiger partial charge in [0, 0.05) is 21.5 Å². The first-order chi connectivity index (χ1) is 8.09. The van der Waals surface area contributed by atoms with E-state index in [0.717, 1.165) is 4.88 Å². The van der Waals surface area contributed by atoms with E-state index in [-0.39, 0.29) is 11.9 Å². The molecule has 1 heterocycles. The number of nitrogens with two attached hydrogens (primary N) is 1. The van der Waals surface area contributed by atoms with Crippen LogP contribution < -0.4 is 5.73 Å². The lowest BCUT2D eigenvalue weighted by Gasteiger charge is -2.12. The Morgan fingerprint density at radius 3 is 2.59 bits per heavy atom. The van der Waals surface area contributed by atoms with E-state index in [1.54, 1.807) is 18.2 Å². The Hall–Kier alpha value is -0.610. The highest BCUT2D eigenvalue weighted by Gasteiger charge is 2.16. The summed E-state index contributed by atoms with van der Waals surface area (Å²) in [4.78, 5) is 0.853. The van der Waals surface area contributed by atoms with Crippen molar-refractivity contribution in [3.05, 3.63) is 55.9 Å². The summed E-state index contributed by atoms with van der Waals surface area (Å²) in [6.07, 6.45) is 0.339. The predicted octanol–water partition coefficient (Wildman–Crippen LogP) is 4.44. The molecule has 1 nitrogen and oxygen atoms in total. The van der Waals surface area contributed by atoms with Crippen molar-refractivity contribution >= 4 is 34.5 Å². The van der Waals surface area contributed by atoms with Crippen LogP contribution in [0.1, 0.15) is 16.5 Å². The Balaban J connectivity index is 2.25. The van der Waals surface area contributed by atoms with Crippen molar-refractivity contribution in [2.24, 2.45) is 5.73 Å². The summed E-state index contributed by atoms with van der Waals surface area (Å²) < 4.78 is 13.6. The lowest BCUT2D eigenvalue weighted by Crippen LogP contribution is -2.13. The molecule has 1 aromatic carbocycles. The lowest BCUT2D eigenvalue weighted by molar-refractivity contribution is 0.595. The normalized spacial score (nSPS) is 12.7. The van der Waals surface area contributed by atoms with Gasteiger partial charge >= 0.3 is 0 Å². The Labute approximate surface area is 113 Å².